The van der Waals surface area contributed by atoms with E-state index >= 15 is 0 Å². The van der Waals surface area contributed by atoms with Gasteiger partial charge in [0.25, 0.3) is 0 Å². The predicted octanol–water partition coefficient (Wildman–Crippen LogP) is 2.95. The molecule has 2 aromatic carbocycles. The Labute approximate surface area is 168 Å². The number of nitrogens with one attached hydrogen (secondary N) is 1. The Balaban J connectivity index is 1.33. The molecule has 1 N–H and O–H groups in total. The summed E-state index contributed by atoms with van der Waals surface area (Å²) in [6.45, 7) is 8.93. The topological polar surface area (TPSA) is 38.8 Å². The second-order valence-corrected chi connectivity index (χ2v) is 7.71. The molecule has 150 valence electrons. The van der Waals surface area contributed by atoms with Crippen LogP contribution >= 0.6 is 0 Å². The first-order valence-electron chi connectivity index (χ1n) is 10.1. The fraction of sp³-hybridized carbons (Fsp3) is 0.435. The molecule has 0 atom stereocenters. The van der Waals surface area contributed by atoms with Crippen LogP contribution in [0.25, 0.3) is 0 Å². The van der Waals surface area contributed by atoms with Gasteiger partial charge >= 0.3 is 6.03 Å². The maximum Gasteiger partial charge on any atom is 0.317 e. The Bertz CT molecular complexity index is 741. The third-order valence-electron chi connectivity index (χ3n) is 5.21. The van der Waals surface area contributed by atoms with Gasteiger partial charge in [-0.15, -0.1) is 0 Å². The number of aryl methyl sites for hydroxylation is 1. The van der Waals surface area contributed by atoms with Crippen LogP contribution < -0.4 is 5.32 Å². The van der Waals surface area contributed by atoms with Gasteiger partial charge in [-0.1, -0.05) is 60.2 Å². The van der Waals surface area contributed by atoms with Crippen LogP contribution in [0, 0.1) is 6.92 Å². The number of likely N-dealkylation sites (N-methyl/N-ethyl adjacent to an activating group) is 1. The fourth-order valence-corrected chi connectivity index (χ4v) is 3.62. The molecular weight excluding hydrogens is 348 g/mol. The van der Waals surface area contributed by atoms with Crippen LogP contribution in [0.5, 0.6) is 0 Å². The molecule has 3 rings (SSSR count). The van der Waals surface area contributed by atoms with E-state index in [1.807, 2.05) is 11.0 Å². The van der Waals surface area contributed by atoms with Gasteiger partial charge in [0.2, 0.25) is 0 Å². The molecule has 0 spiro atoms. The SMILES string of the molecule is Cc1cccc(CN2CCN(C(=O)NCCN(C)Cc3ccccc3)CC2)c1. The zero-order valence-corrected chi connectivity index (χ0v) is 17.1. The zero-order valence-electron chi connectivity index (χ0n) is 17.1. The molecule has 1 aliphatic heterocycles. The molecule has 28 heavy (non-hydrogen) atoms. The third-order valence-corrected chi connectivity index (χ3v) is 5.21. The summed E-state index contributed by atoms with van der Waals surface area (Å²) in [7, 11) is 2.09. The minimum absolute atomic E-state index is 0.0586. The maximum atomic E-state index is 12.4. The molecule has 5 nitrogen and oxygen atoms in total. The van der Waals surface area contributed by atoms with Crippen molar-refractivity contribution < 1.29 is 4.79 Å². The summed E-state index contributed by atoms with van der Waals surface area (Å²) in [5.41, 5.74) is 3.94. The van der Waals surface area contributed by atoms with Gasteiger partial charge in [-0.05, 0) is 25.1 Å². The maximum absolute atomic E-state index is 12.4. The van der Waals surface area contributed by atoms with Gasteiger partial charge < -0.3 is 15.1 Å². The quantitative estimate of drug-likeness (QED) is 0.803. The lowest BCUT2D eigenvalue weighted by molar-refractivity contribution is 0.134. The second kappa shape index (κ2) is 10.2. The van der Waals surface area contributed by atoms with Crippen molar-refractivity contribution >= 4 is 6.03 Å². The van der Waals surface area contributed by atoms with E-state index in [2.05, 4.69) is 77.6 Å². The lowest BCUT2D eigenvalue weighted by Crippen LogP contribution is -2.52. The summed E-state index contributed by atoms with van der Waals surface area (Å²) in [6, 6.07) is 19.1. The van der Waals surface area contributed by atoms with Gasteiger partial charge in [-0.2, -0.15) is 0 Å². The normalized spacial score (nSPS) is 15.0. The van der Waals surface area contributed by atoms with Crippen molar-refractivity contribution in [2.45, 2.75) is 20.0 Å². The predicted molar refractivity (Wildman–Crippen MR) is 114 cm³/mol. The highest BCUT2D eigenvalue weighted by Crippen LogP contribution is 2.10. The molecule has 1 fully saturated rings. The molecule has 1 heterocycles. The average molecular weight is 381 g/mol. The molecule has 0 saturated carbocycles. The molecular formula is C23H32N4O. The van der Waals surface area contributed by atoms with Crippen LogP contribution in [-0.4, -0.2) is 67.0 Å². The van der Waals surface area contributed by atoms with Gasteiger partial charge in [-0.25, -0.2) is 4.79 Å². The minimum Gasteiger partial charge on any atom is -0.337 e. The van der Waals surface area contributed by atoms with E-state index in [9.17, 15) is 4.79 Å². The van der Waals surface area contributed by atoms with Crippen LogP contribution in [-0.2, 0) is 13.1 Å². The van der Waals surface area contributed by atoms with Crippen LogP contribution in [0.4, 0.5) is 4.79 Å². The van der Waals surface area contributed by atoms with Gasteiger partial charge in [-0.3, -0.25) is 4.90 Å². The highest BCUT2D eigenvalue weighted by molar-refractivity contribution is 5.74. The van der Waals surface area contributed by atoms with E-state index in [-0.39, 0.29) is 6.03 Å². The number of hydrogen-bond donors (Lipinski definition) is 1. The standard InChI is InChI=1S/C23H32N4O/c1-20-7-6-10-22(17-20)19-26-13-15-27(16-14-26)23(28)24-11-12-25(2)18-21-8-4-3-5-9-21/h3-10,17H,11-16,18-19H2,1-2H3,(H,24,28). The van der Waals surface area contributed by atoms with Crippen LogP contribution in [0.1, 0.15) is 16.7 Å². The molecule has 0 bridgehead atoms. The summed E-state index contributed by atoms with van der Waals surface area (Å²) < 4.78 is 0. The van der Waals surface area contributed by atoms with E-state index in [1.165, 1.54) is 16.7 Å². The van der Waals surface area contributed by atoms with E-state index in [1.54, 1.807) is 0 Å². The zero-order chi connectivity index (χ0) is 19.8. The highest BCUT2D eigenvalue weighted by atomic mass is 16.2. The molecule has 0 aliphatic carbocycles. The Hall–Kier alpha value is -2.37. The molecule has 0 radical (unpaired) electrons. The van der Waals surface area contributed by atoms with Crippen molar-refractivity contribution in [3.63, 3.8) is 0 Å². The van der Waals surface area contributed by atoms with Crippen LogP contribution in [0.15, 0.2) is 54.6 Å². The van der Waals surface area contributed by atoms with Gasteiger partial charge in [0.1, 0.15) is 0 Å². The molecule has 1 saturated heterocycles. The smallest absolute Gasteiger partial charge is 0.317 e. The Morgan fingerprint density at radius 1 is 1.00 bits per heavy atom. The second-order valence-electron chi connectivity index (χ2n) is 7.71. The Morgan fingerprint density at radius 2 is 1.71 bits per heavy atom. The molecule has 0 aromatic heterocycles. The first-order chi connectivity index (χ1) is 13.6. The Kier molecular flexibility index (Phi) is 7.46. The van der Waals surface area contributed by atoms with Crippen molar-refractivity contribution in [2.24, 2.45) is 0 Å². The first-order valence-corrected chi connectivity index (χ1v) is 10.1. The largest absolute Gasteiger partial charge is 0.337 e. The van der Waals surface area contributed by atoms with Gasteiger partial charge in [0.15, 0.2) is 0 Å². The molecule has 5 heteroatoms. The van der Waals surface area contributed by atoms with E-state index in [0.29, 0.717) is 6.54 Å². The van der Waals surface area contributed by atoms with Crippen molar-refractivity contribution in [1.29, 1.82) is 0 Å². The number of piperazine rings is 1. The van der Waals surface area contributed by atoms with E-state index in [0.717, 1.165) is 45.8 Å². The average Bonchev–Trinajstić information content (AvgIpc) is 2.69. The number of rotatable bonds is 7. The minimum atomic E-state index is 0.0586. The molecule has 0 unspecified atom stereocenters. The number of benzene rings is 2. The third kappa shape index (κ3) is 6.36. The summed E-state index contributed by atoms with van der Waals surface area (Å²) in [5, 5.41) is 3.07. The number of amides is 2. The lowest BCUT2D eigenvalue weighted by atomic mass is 10.1. The number of carbonyl (C=O) groups is 1. The van der Waals surface area contributed by atoms with Crippen molar-refractivity contribution in [3.05, 3.63) is 71.3 Å². The molecule has 2 aromatic rings. The van der Waals surface area contributed by atoms with E-state index in [4.69, 9.17) is 0 Å². The van der Waals surface area contributed by atoms with E-state index < -0.39 is 0 Å². The number of carbonyl (C=O) groups excluding carboxylic acids is 1. The first kappa shape index (κ1) is 20.4. The monoisotopic (exact) mass is 380 g/mol. The molecule has 2 amide bonds. The lowest BCUT2D eigenvalue weighted by Gasteiger charge is -2.34. The van der Waals surface area contributed by atoms with Crippen LogP contribution in [0.2, 0.25) is 0 Å². The van der Waals surface area contributed by atoms with Gasteiger partial charge in [0, 0.05) is 52.4 Å². The van der Waals surface area contributed by atoms with Crippen LogP contribution in [0.3, 0.4) is 0 Å². The van der Waals surface area contributed by atoms with Gasteiger partial charge in [0.05, 0.1) is 0 Å². The summed E-state index contributed by atoms with van der Waals surface area (Å²) in [4.78, 5) is 19.0. The summed E-state index contributed by atoms with van der Waals surface area (Å²) >= 11 is 0. The summed E-state index contributed by atoms with van der Waals surface area (Å²) in [6.07, 6.45) is 0. The number of nitrogens with zero attached hydrogens (tertiary/aromatic N) is 3. The number of urea groups is 1. The fourth-order valence-electron chi connectivity index (χ4n) is 3.62. The Morgan fingerprint density at radius 3 is 2.43 bits per heavy atom. The van der Waals surface area contributed by atoms with Crippen molar-refractivity contribution in [1.82, 2.24) is 20.0 Å². The van der Waals surface area contributed by atoms with Crippen molar-refractivity contribution in [3.8, 4) is 0 Å². The number of hydrogen-bond acceptors (Lipinski definition) is 3. The molecule has 1 aliphatic rings. The summed E-state index contributed by atoms with van der Waals surface area (Å²) in [5.74, 6) is 0. The highest BCUT2D eigenvalue weighted by Gasteiger charge is 2.20. The van der Waals surface area contributed by atoms with Crippen molar-refractivity contribution in [2.75, 3.05) is 46.3 Å².